The molecule has 1 aromatic rings. The van der Waals surface area contributed by atoms with Gasteiger partial charge < -0.3 is 5.01 Å². The summed E-state index contributed by atoms with van der Waals surface area (Å²) in [6, 6.07) is 8.51. The molecule has 0 fully saturated rings. The van der Waals surface area contributed by atoms with Crippen molar-refractivity contribution in [3.05, 3.63) is 35.4 Å². The Morgan fingerprint density at radius 3 is 2.14 bits per heavy atom. The highest BCUT2D eigenvalue weighted by Crippen LogP contribution is 2.13. The molecule has 0 aliphatic carbocycles. The highest BCUT2D eigenvalue weighted by Gasteiger charge is 1.97. The number of hydrogen-bond donors (Lipinski definition) is 0. The smallest absolute Gasteiger partial charge is 0.0542 e. The minimum Gasteiger partial charge on any atom is -0.303 e. The topological polar surface area (TPSA) is 15.6 Å². The van der Waals surface area contributed by atoms with E-state index < -0.39 is 0 Å². The first-order chi connectivity index (χ1) is 6.59. The van der Waals surface area contributed by atoms with Gasteiger partial charge in [0.05, 0.1) is 6.21 Å². The predicted molar refractivity (Wildman–Crippen MR) is 61.8 cm³/mol. The summed E-state index contributed by atoms with van der Waals surface area (Å²) in [6.07, 6.45) is 1.87. The van der Waals surface area contributed by atoms with Crippen LogP contribution in [0.1, 0.15) is 30.9 Å². The molecule has 0 amide bonds. The molecule has 2 nitrogen and oxygen atoms in total. The van der Waals surface area contributed by atoms with Crippen molar-refractivity contribution in [2.45, 2.75) is 19.8 Å². The predicted octanol–water partition coefficient (Wildman–Crippen LogP) is 2.71. The van der Waals surface area contributed by atoms with Gasteiger partial charge in [0.25, 0.3) is 0 Å². The maximum Gasteiger partial charge on any atom is 0.0542 e. The Labute approximate surface area is 86.2 Å². The molecule has 1 rings (SSSR count). The molecule has 0 bridgehead atoms. The first kappa shape index (κ1) is 10.8. The second kappa shape index (κ2) is 4.80. The molecule has 0 radical (unpaired) electrons. The number of hydrazone groups is 1. The molecule has 2 heteroatoms. The van der Waals surface area contributed by atoms with E-state index in [4.69, 9.17) is 0 Å². The normalized spacial score (nSPS) is 11.2. The fourth-order valence-electron chi connectivity index (χ4n) is 1.15. The fraction of sp³-hybridized carbons (Fsp3) is 0.417. The van der Waals surface area contributed by atoms with Gasteiger partial charge in [-0.1, -0.05) is 38.1 Å². The van der Waals surface area contributed by atoms with Crippen LogP contribution in [0, 0.1) is 0 Å². The van der Waals surface area contributed by atoms with Crippen LogP contribution in [0.2, 0.25) is 0 Å². The number of rotatable bonds is 3. The van der Waals surface area contributed by atoms with Crippen LogP contribution in [-0.2, 0) is 0 Å². The van der Waals surface area contributed by atoms with E-state index in [0.717, 1.165) is 5.56 Å². The third-order valence-corrected chi connectivity index (χ3v) is 2.04. The van der Waals surface area contributed by atoms with Crippen molar-refractivity contribution in [1.29, 1.82) is 0 Å². The van der Waals surface area contributed by atoms with E-state index in [0.29, 0.717) is 5.92 Å². The minimum absolute atomic E-state index is 0.592. The standard InChI is InChI=1S/C12H18N2/c1-10(2)12-7-5-11(6-8-12)9-13-14(3)4/h5-10H,1-4H3/b13-9+. The van der Waals surface area contributed by atoms with Crippen LogP contribution in [0.25, 0.3) is 0 Å². The highest BCUT2D eigenvalue weighted by molar-refractivity contribution is 5.79. The lowest BCUT2D eigenvalue weighted by atomic mass is 10.0. The van der Waals surface area contributed by atoms with Gasteiger partial charge in [0.2, 0.25) is 0 Å². The van der Waals surface area contributed by atoms with E-state index in [-0.39, 0.29) is 0 Å². The summed E-state index contributed by atoms with van der Waals surface area (Å²) in [5, 5.41) is 5.97. The van der Waals surface area contributed by atoms with Crippen molar-refractivity contribution in [1.82, 2.24) is 5.01 Å². The monoisotopic (exact) mass is 190 g/mol. The molecule has 0 aliphatic rings. The molecule has 0 spiro atoms. The molecule has 0 aromatic heterocycles. The molecule has 14 heavy (non-hydrogen) atoms. The van der Waals surface area contributed by atoms with Crippen LogP contribution < -0.4 is 0 Å². The van der Waals surface area contributed by atoms with Gasteiger partial charge in [0.15, 0.2) is 0 Å². The summed E-state index contributed by atoms with van der Waals surface area (Å²) in [5.74, 6) is 0.592. The van der Waals surface area contributed by atoms with Gasteiger partial charge in [0.1, 0.15) is 0 Å². The molecule has 0 unspecified atom stereocenters. The first-order valence-corrected chi connectivity index (χ1v) is 4.91. The molecule has 1 aromatic carbocycles. The van der Waals surface area contributed by atoms with Crippen molar-refractivity contribution < 1.29 is 0 Å². The van der Waals surface area contributed by atoms with E-state index in [2.05, 4.69) is 43.2 Å². The van der Waals surface area contributed by atoms with Crippen molar-refractivity contribution in [3.63, 3.8) is 0 Å². The van der Waals surface area contributed by atoms with Gasteiger partial charge >= 0.3 is 0 Å². The zero-order valence-electron chi connectivity index (χ0n) is 9.36. The van der Waals surface area contributed by atoms with Gasteiger partial charge in [0, 0.05) is 14.1 Å². The maximum absolute atomic E-state index is 4.18. The Morgan fingerprint density at radius 2 is 1.71 bits per heavy atom. The Balaban J connectivity index is 2.73. The Bertz CT molecular complexity index is 297. The lowest BCUT2D eigenvalue weighted by molar-refractivity contribution is 0.440. The van der Waals surface area contributed by atoms with Gasteiger partial charge in [-0.2, -0.15) is 5.10 Å². The van der Waals surface area contributed by atoms with Crippen molar-refractivity contribution in [2.75, 3.05) is 14.1 Å². The average molecular weight is 190 g/mol. The molecular weight excluding hydrogens is 172 g/mol. The summed E-state index contributed by atoms with van der Waals surface area (Å²) in [6.45, 7) is 4.39. The van der Waals surface area contributed by atoms with Gasteiger partial charge in [-0.05, 0) is 17.0 Å². The molecule has 76 valence electrons. The molecule has 0 N–H and O–H groups in total. The van der Waals surface area contributed by atoms with Gasteiger partial charge in [-0.25, -0.2) is 0 Å². The van der Waals surface area contributed by atoms with Crippen LogP contribution in [0.5, 0.6) is 0 Å². The van der Waals surface area contributed by atoms with Crippen molar-refractivity contribution in [3.8, 4) is 0 Å². The summed E-state index contributed by atoms with van der Waals surface area (Å²) in [7, 11) is 3.83. The molecule has 0 heterocycles. The van der Waals surface area contributed by atoms with Crippen molar-refractivity contribution >= 4 is 6.21 Å². The van der Waals surface area contributed by atoms with Crippen LogP contribution in [0.4, 0.5) is 0 Å². The van der Waals surface area contributed by atoms with Crippen LogP contribution in [-0.4, -0.2) is 25.3 Å². The van der Waals surface area contributed by atoms with Crippen LogP contribution >= 0.6 is 0 Å². The summed E-state index contributed by atoms with van der Waals surface area (Å²) >= 11 is 0. The maximum atomic E-state index is 4.18. The van der Waals surface area contributed by atoms with Gasteiger partial charge in [-0.3, -0.25) is 0 Å². The van der Waals surface area contributed by atoms with E-state index in [9.17, 15) is 0 Å². The van der Waals surface area contributed by atoms with Crippen LogP contribution in [0.3, 0.4) is 0 Å². The number of benzene rings is 1. The zero-order valence-corrected chi connectivity index (χ0v) is 9.36. The van der Waals surface area contributed by atoms with E-state index in [1.165, 1.54) is 5.56 Å². The van der Waals surface area contributed by atoms with E-state index in [1.54, 1.807) is 5.01 Å². The Morgan fingerprint density at radius 1 is 1.14 bits per heavy atom. The zero-order chi connectivity index (χ0) is 10.6. The second-order valence-corrected chi connectivity index (χ2v) is 3.91. The van der Waals surface area contributed by atoms with E-state index in [1.807, 2.05) is 20.3 Å². The SMILES string of the molecule is CC(C)c1ccc(/C=N/N(C)C)cc1. The summed E-state index contributed by atoms with van der Waals surface area (Å²) in [4.78, 5) is 0. The minimum atomic E-state index is 0.592. The molecular formula is C12H18N2. The fourth-order valence-corrected chi connectivity index (χ4v) is 1.15. The molecule has 0 saturated heterocycles. The first-order valence-electron chi connectivity index (χ1n) is 4.91. The summed E-state index contributed by atoms with van der Waals surface area (Å²) in [5.41, 5.74) is 2.51. The van der Waals surface area contributed by atoms with Crippen LogP contribution in [0.15, 0.2) is 29.4 Å². The Hall–Kier alpha value is -1.31. The Kier molecular flexibility index (Phi) is 3.69. The average Bonchev–Trinajstić information content (AvgIpc) is 2.15. The quantitative estimate of drug-likeness (QED) is 0.528. The number of hydrogen-bond acceptors (Lipinski definition) is 2. The third-order valence-electron chi connectivity index (χ3n) is 2.04. The molecule has 0 atom stereocenters. The molecule has 0 aliphatic heterocycles. The number of nitrogens with zero attached hydrogens (tertiary/aromatic N) is 2. The lowest BCUT2D eigenvalue weighted by Crippen LogP contribution is -2.01. The van der Waals surface area contributed by atoms with Crippen molar-refractivity contribution in [2.24, 2.45) is 5.10 Å². The van der Waals surface area contributed by atoms with Gasteiger partial charge in [-0.15, -0.1) is 0 Å². The largest absolute Gasteiger partial charge is 0.303 e. The summed E-state index contributed by atoms with van der Waals surface area (Å²) < 4.78 is 0. The second-order valence-electron chi connectivity index (χ2n) is 3.91. The lowest BCUT2D eigenvalue weighted by Gasteiger charge is -2.05. The third kappa shape index (κ3) is 3.21. The molecule has 0 saturated carbocycles. The van der Waals surface area contributed by atoms with E-state index >= 15 is 0 Å². The highest BCUT2D eigenvalue weighted by atomic mass is 15.4.